The molecule has 1 aliphatic rings. The average molecular weight is 581 g/mol. The molecule has 4 aromatic rings. The molecule has 4 heterocycles. The summed E-state index contributed by atoms with van der Waals surface area (Å²) in [5.74, 6) is -1.03. The predicted molar refractivity (Wildman–Crippen MR) is 157 cm³/mol. The highest BCUT2D eigenvalue weighted by molar-refractivity contribution is 7.89. The van der Waals surface area contributed by atoms with Gasteiger partial charge in [0.25, 0.3) is 5.91 Å². The van der Waals surface area contributed by atoms with Gasteiger partial charge in [0.05, 0.1) is 17.5 Å². The number of likely N-dealkylation sites (tertiary alicyclic amines) is 1. The van der Waals surface area contributed by atoms with Crippen LogP contribution in [0.1, 0.15) is 51.3 Å². The third-order valence-electron chi connectivity index (χ3n) is 6.80. The number of pyridine rings is 1. The maximum atomic E-state index is 13.4. The number of aromatic nitrogens is 3. The molecule has 2 amide bonds. The van der Waals surface area contributed by atoms with Crippen molar-refractivity contribution >= 4 is 38.3 Å². The summed E-state index contributed by atoms with van der Waals surface area (Å²) >= 11 is 1.27. The molecule has 5 rings (SSSR count). The molecule has 208 valence electrons. The zero-order chi connectivity index (χ0) is 31.1. The lowest BCUT2D eigenvalue weighted by Gasteiger charge is -2.23. The third-order valence-corrected chi connectivity index (χ3v) is 8.58. The lowest BCUT2D eigenvalue weighted by molar-refractivity contribution is -0.119. The lowest BCUT2D eigenvalue weighted by Crippen LogP contribution is -2.43. The van der Waals surface area contributed by atoms with Gasteiger partial charge in [-0.05, 0) is 68.4 Å². The molecule has 0 saturated carbocycles. The van der Waals surface area contributed by atoms with E-state index in [4.69, 9.17) is 4.11 Å². The van der Waals surface area contributed by atoms with Crippen LogP contribution in [0.4, 0.5) is 5.13 Å². The van der Waals surface area contributed by atoms with Crippen molar-refractivity contribution in [3.63, 3.8) is 0 Å². The maximum Gasteiger partial charge on any atom is 0.256 e. The standard InChI is InChI=1S/C29H31N5O4S2/c1-5-24-15-22(12-18(2)30-24)20-8-6-9-21(14-20)25-17-39-29(31-25)32-27(35)26-10-7-11-33(26)28(36)23-13-19(3)34(16-23)40(4,37)38/h6,8-9,12-17,26H,5,7,10-11H2,1-4H3,(H,31,32,35)/t26-/m0/s1/i3D3. The minimum Gasteiger partial charge on any atom is -0.327 e. The monoisotopic (exact) mass is 580 g/mol. The van der Waals surface area contributed by atoms with Crippen LogP contribution in [0.15, 0.2) is 54.0 Å². The van der Waals surface area contributed by atoms with Gasteiger partial charge in [-0.1, -0.05) is 25.1 Å². The molecule has 1 atom stereocenters. The summed E-state index contributed by atoms with van der Waals surface area (Å²) in [7, 11) is -3.97. The van der Waals surface area contributed by atoms with Crippen molar-refractivity contribution in [3.8, 4) is 22.4 Å². The third kappa shape index (κ3) is 5.71. The highest BCUT2D eigenvalue weighted by atomic mass is 32.2. The Morgan fingerprint density at radius 1 is 1.15 bits per heavy atom. The number of hydrogen-bond acceptors (Lipinski definition) is 7. The van der Waals surface area contributed by atoms with Gasteiger partial charge in [0.15, 0.2) is 5.13 Å². The van der Waals surface area contributed by atoms with E-state index in [1.54, 1.807) is 0 Å². The van der Waals surface area contributed by atoms with Crippen LogP contribution < -0.4 is 5.32 Å². The first-order valence-corrected chi connectivity index (χ1v) is 15.6. The van der Waals surface area contributed by atoms with Crippen LogP contribution in [0.2, 0.25) is 0 Å². The minimum absolute atomic E-state index is 0.108. The van der Waals surface area contributed by atoms with E-state index in [1.165, 1.54) is 16.2 Å². The fourth-order valence-corrected chi connectivity index (χ4v) is 6.32. The number of rotatable bonds is 7. The van der Waals surface area contributed by atoms with E-state index in [1.807, 2.05) is 42.6 Å². The van der Waals surface area contributed by atoms with Crippen molar-refractivity contribution in [1.82, 2.24) is 18.8 Å². The SMILES string of the molecule is [2H]C([2H])([2H])c1cc(C(=O)N2CCC[C@H]2C(=O)Nc2nc(-c3cccc(-c4cc(C)nc(CC)c4)c3)cs2)cn1S(C)(=O)=O. The van der Waals surface area contributed by atoms with E-state index < -0.39 is 40.4 Å². The Kier molecular flexibility index (Phi) is 6.59. The van der Waals surface area contributed by atoms with Gasteiger partial charge < -0.3 is 10.2 Å². The van der Waals surface area contributed by atoms with E-state index in [-0.39, 0.29) is 12.1 Å². The first-order valence-electron chi connectivity index (χ1n) is 14.3. The summed E-state index contributed by atoms with van der Waals surface area (Å²) in [5, 5.41) is 5.05. The molecule has 11 heteroatoms. The van der Waals surface area contributed by atoms with E-state index >= 15 is 0 Å². The number of thiazole rings is 1. The Hall–Kier alpha value is -3.83. The van der Waals surface area contributed by atoms with Crippen LogP contribution in [0.3, 0.4) is 0 Å². The summed E-state index contributed by atoms with van der Waals surface area (Å²) in [6.45, 7) is 1.57. The number of hydrogen-bond donors (Lipinski definition) is 1. The molecule has 1 saturated heterocycles. The van der Waals surface area contributed by atoms with E-state index in [0.717, 1.165) is 53.0 Å². The van der Waals surface area contributed by atoms with Crippen molar-refractivity contribution in [3.05, 3.63) is 76.7 Å². The first-order chi connectivity index (χ1) is 20.2. The number of aryl methyl sites for hydroxylation is 3. The Morgan fingerprint density at radius 3 is 2.67 bits per heavy atom. The molecule has 1 aliphatic heterocycles. The summed E-state index contributed by atoms with van der Waals surface area (Å²) in [4.78, 5) is 37.2. The molecular formula is C29H31N5O4S2. The van der Waals surface area contributed by atoms with E-state index in [0.29, 0.717) is 27.6 Å². The van der Waals surface area contributed by atoms with Crippen molar-refractivity contribution < 1.29 is 22.1 Å². The number of nitrogens with zero attached hydrogens (tertiary/aromatic N) is 4. The highest BCUT2D eigenvalue weighted by Crippen LogP contribution is 2.30. The lowest BCUT2D eigenvalue weighted by atomic mass is 10.0. The Labute approximate surface area is 242 Å². The molecule has 1 N–H and O–H groups in total. The largest absolute Gasteiger partial charge is 0.327 e. The average Bonchev–Trinajstić information content (AvgIpc) is 3.71. The van der Waals surface area contributed by atoms with Gasteiger partial charge in [-0.3, -0.25) is 14.6 Å². The molecule has 3 aromatic heterocycles. The minimum atomic E-state index is -3.97. The number of nitrogens with one attached hydrogen (secondary N) is 1. The summed E-state index contributed by atoms with van der Waals surface area (Å²) in [5.41, 5.74) is 5.06. The maximum absolute atomic E-state index is 13.4. The van der Waals surface area contributed by atoms with E-state index in [2.05, 4.69) is 28.3 Å². The van der Waals surface area contributed by atoms with Crippen LogP contribution in [0, 0.1) is 13.8 Å². The van der Waals surface area contributed by atoms with Gasteiger partial charge in [-0.25, -0.2) is 17.4 Å². The van der Waals surface area contributed by atoms with Crippen LogP contribution in [-0.2, 0) is 21.2 Å². The molecular weight excluding hydrogens is 546 g/mol. The fourth-order valence-electron chi connectivity index (χ4n) is 4.88. The second-order valence-corrected chi connectivity index (χ2v) is 12.5. The molecule has 0 radical (unpaired) electrons. The van der Waals surface area contributed by atoms with Crippen LogP contribution in [0.25, 0.3) is 22.4 Å². The number of benzene rings is 1. The quantitative estimate of drug-likeness (QED) is 0.333. The van der Waals surface area contributed by atoms with Gasteiger partial charge in [-0.2, -0.15) is 0 Å². The van der Waals surface area contributed by atoms with Crippen molar-refractivity contribution in [2.45, 2.75) is 46.0 Å². The molecule has 1 fully saturated rings. The van der Waals surface area contributed by atoms with Gasteiger partial charge in [-0.15, -0.1) is 11.3 Å². The van der Waals surface area contributed by atoms with Gasteiger partial charge >= 0.3 is 0 Å². The second kappa shape index (κ2) is 11.0. The normalized spacial score (nSPS) is 16.8. The molecule has 0 bridgehead atoms. The Bertz CT molecular complexity index is 1810. The van der Waals surface area contributed by atoms with Crippen molar-refractivity contribution in [2.24, 2.45) is 0 Å². The first kappa shape index (κ1) is 24.0. The summed E-state index contributed by atoms with van der Waals surface area (Å²) in [6, 6.07) is 12.3. The highest BCUT2D eigenvalue weighted by Gasteiger charge is 2.35. The Morgan fingerprint density at radius 2 is 1.95 bits per heavy atom. The zero-order valence-electron chi connectivity index (χ0n) is 25.3. The smallest absolute Gasteiger partial charge is 0.256 e. The van der Waals surface area contributed by atoms with Crippen LogP contribution in [-0.4, -0.2) is 57.9 Å². The number of amides is 2. The Balaban J connectivity index is 1.33. The number of carbonyl (C=O) groups excluding carboxylic acids is 2. The van der Waals surface area contributed by atoms with Crippen LogP contribution in [0.5, 0.6) is 0 Å². The topological polar surface area (TPSA) is 114 Å². The molecule has 40 heavy (non-hydrogen) atoms. The molecule has 9 nitrogen and oxygen atoms in total. The number of anilines is 1. The zero-order valence-corrected chi connectivity index (χ0v) is 24.0. The van der Waals surface area contributed by atoms with Crippen molar-refractivity contribution in [2.75, 3.05) is 18.1 Å². The van der Waals surface area contributed by atoms with Crippen LogP contribution >= 0.6 is 11.3 Å². The molecule has 0 spiro atoms. The van der Waals surface area contributed by atoms with E-state index in [9.17, 15) is 18.0 Å². The predicted octanol–water partition coefficient (Wildman–Crippen LogP) is 4.90. The number of carbonyl (C=O) groups is 2. The van der Waals surface area contributed by atoms with Crippen molar-refractivity contribution in [1.29, 1.82) is 0 Å². The molecule has 0 unspecified atom stereocenters. The molecule has 1 aromatic carbocycles. The summed E-state index contributed by atoms with van der Waals surface area (Å²) < 4.78 is 48.0. The summed E-state index contributed by atoms with van der Waals surface area (Å²) in [6.07, 6.45) is 3.67. The van der Waals surface area contributed by atoms with Gasteiger partial charge in [0.1, 0.15) is 6.04 Å². The fraction of sp³-hybridized carbons (Fsp3) is 0.310. The second-order valence-electron chi connectivity index (χ2n) is 9.78. The van der Waals surface area contributed by atoms with Gasteiger partial charge in [0, 0.05) is 44.9 Å². The van der Waals surface area contributed by atoms with Gasteiger partial charge in [0.2, 0.25) is 15.9 Å². The molecule has 0 aliphatic carbocycles.